The van der Waals surface area contributed by atoms with Gasteiger partial charge in [-0.2, -0.15) is 10.1 Å². The Morgan fingerprint density at radius 3 is 2.69 bits per heavy atom. The van der Waals surface area contributed by atoms with E-state index in [1.54, 1.807) is 12.4 Å². The number of thioether (sulfide) groups is 1. The Bertz CT molecular complexity index is 1130. The second-order valence-corrected chi connectivity index (χ2v) is 7.37. The molecule has 4 aromatic heterocycles. The number of carbonyl (C=O) groups excluding carboxylic acids is 1. The molecule has 0 atom stereocenters. The van der Waals surface area contributed by atoms with Gasteiger partial charge in [0.2, 0.25) is 5.95 Å². The molecule has 0 spiro atoms. The molecule has 0 bridgehead atoms. The molecule has 0 unspecified atom stereocenters. The quantitative estimate of drug-likeness (QED) is 0.370. The maximum Gasteiger partial charge on any atom is 0.229 e. The van der Waals surface area contributed by atoms with E-state index in [0.717, 1.165) is 27.9 Å². The number of aryl methyl sites for hydroxylation is 1. The van der Waals surface area contributed by atoms with Crippen LogP contribution in [0.2, 0.25) is 0 Å². The number of ketones is 1. The second kappa shape index (κ2) is 8.00. The van der Waals surface area contributed by atoms with E-state index < -0.39 is 0 Å². The molecule has 0 radical (unpaired) electrons. The number of carbonyl (C=O) groups is 1. The molecule has 9 nitrogen and oxygen atoms in total. The lowest BCUT2D eigenvalue weighted by Crippen LogP contribution is -2.07. The SMILES string of the molecule is CCn1c(SCC(=O)c2cc(C)n(-c3ncn[nH]3)c2C)nnc1-c1ccncc1. The molecular formula is C19H20N8OS. The van der Waals surface area contributed by atoms with Crippen molar-refractivity contribution < 1.29 is 4.79 Å². The van der Waals surface area contributed by atoms with E-state index in [1.807, 2.05) is 48.1 Å². The summed E-state index contributed by atoms with van der Waals surface area (Å²) in [5.74, 6) is 1.67. The van der Waals surface area contributed by atoms with Gasteiger partial charge in [0.15, 0.2) is 16.8 Å². The number of pyridine rings is 1. The van der Waals surface area contributed by atoms with Gasteiger partial charge in [-0.15, -0.1) is 10.2 Å². The lowest BCUT2D eigenvalue weighted by atomic mass is 10.2. The van der Waals surface area contributed by atoms with Gasteiger partial charge in [-0.25, -0.2) is 5.10 Å². The minimum absolute atomic E-state index is 0.0324. The summed E-state index contributed by atoms with van der Waals surface area (Å²) in [5.41, 5.74) is 3.37. The second-order valence-electron chi connectivity index (χ2n) is 6.43. The van der Waals surface area contributed by atoms with Gasteiger partial charge in [0, 0.05) is 41.5 Å². The summed E-state index contributed by atoms with van der Waals surface area (Å²) in [7, 11) is 0. The largest absolute Gasteiger partial charge is 0.302 e. The Labute approximate surface area is 171 Å². The molecule has 0 amide bonds. The predicted octanol–water partition coefficient (Wildman–Crippen LogP) is 2.86. The molecule has 0 fully saturated rings. The van der Waals surface area contributed by atoms with Gasteiger partial charge >= 0.3 is 0 Å². The van der Waals surface area contributed by atoms with E-state index >= 15 is 0 Å². The third-order valence-corrected chi connectivity index (χ3v) is 5.62. The summed E-state index contributed by atoms with van der Waals surface area (Å²) in [6.07, 6.45) is 4.90. The molecule has 1 N–H and O–H groups in total. The van der Waals surface area contributed by atoms with Crippen LogP contribution in [0, 0.1) is 13.8 Å². The van der Waals surface area contributed by atoms with E-state index in [9.17, 15) is 4.79 Å². The number of nitrogens with zero attached hydrogens (tertiary/aromatic N) is 7. The monoisotopic (exact) mass is 408 g/mol. The Hall–Kier alpha value is -3.27. The smallest absolute Gasteiger partial charge is 0.229 e. The maximum atomic E-state index is 12.9. The number of Topliss-reactive ketones (excluding diaryl/α,β-unsaturated/α-hetero) is 1. The van der Waals surface area contributed by atoms with Crippen molar-refractivity contribution in [1.29, 1.82) is 0 Å². The number of nitrogens with one attached hydrogen (secondary N) is 1. The van der Waals surface area contributed by atoms with Crippen LogP contribution in [0.4, 0.5) is 0 Å². The molecule has 0 aliphatic carbocycles. The van der Waals surface area contributed by atoms with Crippen LogP contribution in [0.3, 0.4) is 0 Å². The van der Waals surface area contributed by atoms with Gasteiger partial charge in [0.1, 0.15) is 6.33 Å². The first kappa shape index (κ1) is 19.1. The summed E-state index contributed by atoms with van der Waals surface area (Å²) in [4.78, 5) is 21.1. The van der Waals surface area contributed by atoms with Gasteiger partial charge in [-0.1, -0.05) is 11.8 Å². The van der Waals surface area contributed by atoms with Crippen molar-refractivity contribution in [1.82, 2.24) is 39.5 Å². The van der Waals surface area contributed by atoms with Crippen LogP contribution in [0.5, 0.6) is 0 Å². The first-order valence-electron chi connectivity index (χ1n) is 9.14. The van der Waals surface area contributed by atoms with Gasteiger partial charge in [0.25, 0.3) is 0 Å². The zero-order valence-electron chi connectivity index (χ0n) is 16.3. The first-order chi connectivity index (χ1) is 14.1. The fraction of sp³-hybridized carbons (Fsp3) is 0.263. The van der Waals surface area contributed by atoms with Crippen LogP contribution in [-0.4, -0.2) is 51.0 Å². The van der Waals surface area contributed by atoms with E-state index in [-0.39, 0.29) is 11.5 Å². The predicted molar refractivity (Wildman–Crippen MR) is 109 cm³/mol. The molecule has 4 rings (SSSR count). The van der Waals surface area contributed by atoms with Crippen LogP contribution in [0.1, 0.15) is 28.7 Å². The Balaban J connectivity index is 1.54. The highest BCUT2D eigenvalue weighted by molar-refractivity contribution is 7.99. The normalized spacial score (nSPS) is 11.1. The minimum atomic E-state index is 0.0324. The van der Waals surface area contributed by atoms with E-state index in [2.05, 4.69) is 30.4 Å². The van der Waals surface area contributed by atoms with Crippen molar-refractivity contribution in [3.63, 3.8) is 0 Å². The Morgan fingerprint density at radius 2 is 2.00 bits per heavy atom. The highest BCUT2D eigenvalue weighted by Gasteiger charge is 2.20. The zero-order valence-corrected chi connectivity index (χ0v) is 17.1. The molecule has 0 saturated carbocycles. The molecule has 4 heterocycles. The standard InChI is InChI=1S/C19H20N8OS/c1-4-26-17(14-5-7-20-8-6-14)23-25-19(26)29-10-16(28)15-9-12(2)27(13(15)3)18-21-11-22-24-18/h5-9,11H,4,10H2,1-3H3,(H,21,22,24). The minimum Gasteiger partial charge on any atom is -0.302 e. The molecule has 0 aromatic carbocycles. The highest BCUT2D eigenvalue weighted by atomic mass is 32.2. The number of aromatic nitrogens is 8. The fourth-order valence-electron chi connectivity index (χ4n) is 3.28. The lowest BCUT2D eigenvalue weighted by Gasteiger charge is -2.07. The van der Waals surface area contributed by atoms with E-state index in [4.69, 9.17) is 0 Å². The number of aromatic amines is 1. The number of hydrogen-bond acceptors (Lipinski definition) is 7. The van der Waals surface area contributed by atoms with E-state index in [0.29, 0.717) is 18.1 Å². The lowest BCUT2D eigenvalue weighted by molar-refractivity contribution is 0.102. The Morgan fingerprint density at radius 1 is 1.21 bits per heavy atom. The molecule has 0 saturated heterocycles. The topological polar surface area (TPSA) is 107 Å². The molecule has 0 aliphatic heterocycles. The zero-order chi connectivity index (χ0) is 20.4. The van der Waals surface area contributed by atoms with Crippen molar-refractivity contribution in [2.24, 2.45) is 0 Å². The number of rotatable bonds is 7. The van der Waals surface area contributed by atoms with Crippen LogP contribution in [0.15, 0.2) is 42.1 Å². The average molecular weight is 408 g/mol. The highest BCUT2D eigenvalue weighted by Crippen LogP contribution is 2.25. The molecule has 10 heteroatoms. The van der Waals surface area contributed by atoms with Crippen LogP contribution in [-0.2, 0) is 6.54 Å². The van der Waals surface area contributed by atoms with Gasteiger partial charge < -0.3 is 4.57 Å². The summed E-state index contributed by atoms with van der Waals surface area (Å²) in [6, 6.07) is 5.68. The van der Waals surface area contributed by atoms with Crippen LogP contribution >= 0.6 is 11.8 Å². The molecular weight excluding hydrogens is 388 g/mol. The Kier molecular flexibility index (Phi) is 5.26. The number of hydrogen-bond donors (Lipinski definition) is 1. The van der Waals surface area contributed by atoms with Crippen LogP contribution < -0.4 is 0 Å². The van der Waals surface area contributed by atoms with Crippen molar-refractivity contribution >= 4 is 17.5 Å². The van der Waals surface area contributed by atoms with Gasteiger partial charge in [-0.3, -0.25) is 14.3 Å². The first-order valence-corrected chi connectivity index (χ1v) is 10.1. The van der Waals surface area contributed by atoms with Crippen molar-refractivity contribution in [2.45, 2.75) is 32.5 Å². The number of H-pyrrole nitrogens is 1. The molecule has 29 heavy (non-hydrogen) atoms. The summed E-state index contributed by atoms with van der Waals surface area (Å²) >= 11 is 1.39. The van der Waals surface area contributed by atoms with E-state index in [1.165, 1.54) is 18.1 Å². The molecule has 4 aromatic rings. The summed E-state index contributed by atoms with van der Waals surface area (Å²) < 4.78 is 3.89. The van der Waals surface area contributed by atoms with Gasteiger partial charge in [0.05, 0.1) is 5.75 Å². The summed E-state index contributed by atoms with van der Waals surface area (Å²) in [6.45, 7) is 6.59. The fourth-order valence-corrected chi connectivity index (χ4v) is 4.17. The van der Waals surface area contributed by atoms with Gasteiger partial charge in [-0.05, 0) is 39.0 Å². The average Bonchev–Trinajstić information content (AvgIpc) is 3.45. The van der Waals surface area contributed by atoms with Crippen molar-refractivity contribution in [3.05, 3.63) is 53.9 Å². The molecule has 148 valence electrons. The van der Waals surface area contributed by atoms with Crippen molar-refractivity contribution in [3.8, 4) is 17.3 Å². The van der Waals surface area contributed by atoms with Crippen LogP contribution in [0.25, 0.3) is 17.3 Å². The third-order valence-electron chi connectivity index (χ3n) is 4.65. The molecule has 0 aliphatic rings. The van der Waals surface area contributed by atoms with Crippen molar-refractivity contribution in [2.75, 3.05) is 5.75 Å². The summed E-state index contributed by atoms with van der Waals surface area (Å²) in [5, 5.41) is 16.0. The maximum absolute atomic E-state index is 12.9. The third kappa shape index (κ3) is 3.58.